The van der Waals surface area contributed by atoms with Crippen molar-refractivity contribution < 1.29 is 24.9 Å². The lowest BCUT2D eigenvalue weighted by Crippen LogP contribution is -2.26. The van der Waals surface area contributed by atoms with E-state index < -0.39 is 30.5 Å². The average molecular weight is 245 g/mol. The maximum Gasteiger partial charge on any atom is 0.336 e. The molecular formula is C9H11NO5S. The van der Waals surface area contributed by atoms with Gasteiger partial charge in [0.2, 0.25) is 5.91 Å². The summed E-state index contributed by atoms with van der Waals surface area (Å²) in [4.78, 5) is 21.3. The van der Waals surface area contributed by atoms with E-state index in [0.29, 0.717) is 0 Å². The summed E-state index contributed by atoms with van der Waals surface area (Å²) in [6.07, 6.45) is -3.24. The van der Waals surface area contributed by atoms with E-state index in [4.69, 9.17) is 10.8 Å². The van der Waals surface area contributed by atoms with E-state index in [1.807, 2.05) is 0 Å². The van der Waals surface area contributed by atoms with Gasteiger partial charge in [0, 0.05) is 10.9 Å². The number of carbonyl (C=O) groups excluding carboxylic acids is 1. The largest absolute Gasteiger partial charge is 0.478 e. The normalized spacial score (nSPS) is 14.4. The molecule has 88 valence electrons. The maximum atomic E-state index is 10.8. The lowest BCUT2D eigenvalue weighted by atomic mass is 10.0. The first-order valence-electron chi connectivity index (χ1n) is 4.37. The molecule has 0 aliphatic rings. The van der Waals surface area contributed by atoms with Crippen LogP contribution in [0.4, 0.5) is 0 Å². The molecule has 1 rings (SSSR count). The first kappa shape index (κ1) is 12.6. The number of carbonyl (C=O) groups is 2. The highest BCUT2D eigenvalue weighted by molar-refractivity contribution is 7.08. The zero-order chi connectivity index (χ0) is 12.3. The summed E-state index contributed by atoms with van der Waals surface area (Å²) in [5, 5.41) is 30.6. The molecular weight excluding hydrogens is 234 g/mol. The molecule has 0 bridgehead atoms. The Bertz CT molecular complexity index is 402. The van der Waals surface area contributed by atoms with Crippen molar-refractivity contribution in [2.45, 2.75) is 18.6 Å². The van der Waals surface area contributed by atoms with Gasteiger partial charge in [-0.05, 0) is 5.38 Å². The summed E-state index contributed by atoms with van der Waals surface area (Å²) < 4.78 is 0. The smallest absolute Gasteiger partial charge is 0.336 e. The number of hydrogen-bond donors (Lipinski definition) is 4. The van der Waals surface area contributed by atoms with Crippen molar-refractivity contribution in [2.75, 3.05) is 0 Å². The molecule has 2 unspecified atom stereocenters. The van der Waals surface area contributed by atoms with Gasteiger partial charge in [-0.25, -0.2) is 4.79 Å². The second-order valence-corrected chi connectivity index (χ2v) is 3.97. The molecule has 0 spiro atoms. The van der Waals surface area contributed by atoms with Crippen molar-refractivity contribution >= 4 is 23.2 Å². The summed E-state index contributed by atoms with van der Waals surface area (Å²) in [6.45, 7) is 0. The summed E-state index contributed by atoms with van der Waals surface area (Å²) in [7, 11) is 0. The van der Waals surface area contributed by atoms with Gasteiger partial charge in [-0.15, -0.1) is 0 Å². The van der Waals surface area contributed by atoms with E-state index >= 15 is 0 Å². The number of carboxylic acid groups (broad SMARTS) is 1. The van der Waals surface area contributed by atoms with E-state index in [1.165, 1.54) is 10.8 Å². The predicted octanol–water partition coefficient (Wildman–Crippen LogP) is -0.284. The molecule has 0 aromatic carbocycles. The van der Waals surface area contributed by atoms with Gasteiger partial charge < -0.3 is 21.1 Å². The lowest BCUT2D eigenvalue weighted by molar-refractivity contribution is -0.121. The Morgan fingerprint density at radius 3 is 2.50 bits per heavy atom. The Hall–Kier alpha value is -1.44. The number of nitrogens with two attached hydrogens (primary N) is 1. The number of aromatic carboxylic acids is 1. The van der Waals surface area contributed by atoms with E-state index in [1.54, 1.807) is 0 Å². The Morgan fingerprint density at radius 1 is 1.38 bits per heavy atom. The van der Waals surface area contributed by atoms with Crippen molar-refractivity contribution in [3.63, 3.8) is 0 Å². The van der Waals surface area contributed by atoms with Crippen LogP contribution in [0.3, 0.4) is 0 Å². The number of amides is 1. The average Bonchev–Trinajstić information content (AvgIpc) is 2.63. The number of thiophene rings is 1. The fourth-order valence-corrected chi connectivity index (χ4v) is 2.09. The van der Waals surface area contributed by atoms with Gasteiger partial charge in [0.1, 0.15) is 6.10 Å². The Kier molecular flexibility index (Phi) is 3.99. The highest BCUT2D eigenvalue weighted by Crippen LogP contribution is 2.26. The molecule has 7 heteroatoms. The van der Waals surface area contributed by atoms with Crippen molar-refractivity contribution in [3.8, 4) is 0 Å². The molecule has 0 radical (unpaired) electrons. The number of aliphatic hydroxyl groups excluding tert-OH is 2. The Labute approximate surface area is 94.9 Å². The minimum absolute atomic E-state index is 0.0824. The number of rotatable bonds is 5. The first-order chi connectivity index (χ1) is 7.43. The van der Waals surface area contributed by atoms with E-state index in [-0.39, 0.29) is 11.1 Å². The molecule has 5 N–H and O–H groups in total. The molecule has 6 nitrogen and oxygen atoms in total. The predicted molar refractivity (Wildman–Crippen MR) is 56.1 cm³/mol. The molecule has 2 atom stereocenters. The summed E-state index contributed by atoms with van der Waals surface area (Å²) in [5.41, 5.74) is 4.87. The van der Waals surface area contributed by atoms with Gasteiger partial charge in [0.15, 0.2) is 0 Å². The van der Waals surface area contributed by atoms with Gasteiger partial charge in [0.05, 0.1) is 18.1 Å². The number of aliphatic hydroxyl groups is 2. The molecule has 0 aliphatic heterocycles. The van der Waals surface area contributed by atoms with Crippen LogP contribution in [0.25, 0.3) is 0 Å². The molecule has 0 saturated carbocycles. The highest BCUT2D eigenvalue weighted by Gasteiger charge is 2.25. The minimum Gasteiger partial charge on any atom is -0.478 e. The monoisotopic (exact) mass is 245 g/mol. The van der Waals surface area contributed by atoms with Gasteiger partial charge in [-0.2, -0.15) is 11.3 Å². The highest BCUT2D eigenvalue weighted by atomic mass is 32.1. The molecule has 16 heavy (non-hydrogen) atoms. The van der Waals surface area contributed by atoms with Gasteiger partial charge in [0.25, 0.3) is 0 Å². The molecule has 0 saturated heterocycles. The molecule has 1 aromatic rings. The van der Waals surface area contributed by atoms with E-state index in [0.717, 1.165) is 11.3 Å². The third kappa shape index (κ3) is 2.78. The van der Waals surface area contributed by atoms with E-state index in [9.17, 15) is 19.8 Å². The Balaban J connectivity index is 2.87. The zero-order valence-electron chi connectivity index (χ0n) is 8.16. The number of primary amides is 1. The van der Waals surface area contributed by atoms with Crippen LogP contribution in [0.15, 0.2) is 10.8 Å². The van der Waals surface area contributed by atoms with Crippen molar-refractivity contribution in [1.82, 2.24) is 0 Å². The van der Waals surface area contributed by atoms with Gasteiger partial charge in [-0.3, -0.25) is 4.79 Å². The maximum absolute atomic E-state index is 10.8. The minimum atomic E-state index is -1.43. The second kappa shape index (κ2) is 5.06. The van der Waals surface area contributed by atoms with Crippen LogP contribution in [0.2, 0.25) is 0 Å². The van der Waals surface area contributed by atoms with Gasteiger partial charge >= 0.3 is 5.97 Å². The number of carboxylic acids is 1. The topological polar surface area (TPSA) is 121 Å². The third-order valence-corrected chi connectivity index (χ3v) is 2.78. The van der Waals surface area contributed by atoms with Crippen LogP contribution in [0.5, 0.6) is 0 Å². The van der Waals surface area contributed by atoms with Crippen LogP contribution in [-0.4, -0.2) is 33.3 Å². The Morgan fingerprint density at radius 2 is 2.00 bits per heavy atom. The van der Waals surface area contributed by atoms with E-state index in [2.05, 4.69) is 0 Å². The summed E-state index contributed by atoms with van der Waals surface area (Å²) in [6, 6.07) is 0. The molecule has 1 amide bonds. The van der Waals surface area contributed by atoms with Crippen molar-refractivity contribution in [1.29, 1.82) is 0 Å². The molecule has 1 aromatic heterocycles. The van der Waals surface area contributed by atoms with Crippen LogP contribution in [0.1, 0.15) is 28.4 Å². The third-order valence-electron chi connectivity index (χ3n) is 2.02. The van der Waals surface area contributed by atoms with Gasteiger partial charge in [-0.1, -0.05) is 0 Å². The first-order valence-corrected chi connectivity index (χ1v) is 5.31. The fraction of sp³-hybridized carbons (Fsp3) is 0.333. The number of hydrogen-bond acceptors (Lipinski definition) is 5. The van der Waals surface area contributed by atoms with Crippen molar-refractivity contribution in [2.24, 2.45) is 5.73 Å². The molecule has 1 heterocycles. The van der Waals surface area contributed by atoms with Crippen LogP contribution in [-0.2, 0) is 4.79 Å². The quantitative estimate of drug-likeness (QED) is 0.568. The van der Waals surface area contributed by atoms with Crippen LogP contribution < -0.4 is 5.73 Å². The molecule has 0 aliphatic carbocycles. The van der Waals surface area contributed by atoms with Crippen LogP contribution >= 0.6 is 11.3 Å². The standard InChI is InChI=1S/C9H11NO5S/c10-7(12)1-6(11)8(13)4-2-16-3-5(4)9(14)15/h2-3,6,8,11,13H,1H2,(H2,10,12)(H,14,15). The molecule has 0 fully saturated rings. The summed E-state index contributed by atoms with van der Waals surface area (Å²) in [5.74, 6) is -1.96. The SMILES string of the molecule is NC(=O)CC(O)C(O)c1cscc1C(=O)O. The second-order valence-electron chi connectivity index (χ2n) is 3.23. The fourth-order valence-electron chi connectivity index (χ4n) is 1.23. The van der Waals surface area contributed by atoms with Crippen LogP contribution in [0, 0.1) is 0 Å². The lowest BCUT2D eigenvalue weighted by Gasteiger charge is -2.16. The summed E-state index contributed by atoms with van der Waals surface area (Å²) >= 11 is 1.09. The van der Waals surface area contributed by atoms with Crippen molar-refractivity contribution in [3.05, 3.63) is 21.9 Å². The zero-order valence-corrected chi connectivity index (χ0v) is 8.98.